The van der Waals surface area contributed by atoms with Crippen LogP contribution in [0.3, 0.4) is 0 Å². The largest absolute Gasteiger partial charge is 0.493 e. The minimum Gasteiger partial charge on any atom is -0.493 e. The van der Waals surface area contributed by atoms with Gasteiger partial charge in [-0.15, -0.1) is 0 Å². The first kappa shape index (κ1) is 27.1. The Morgan fingerprint density at radius 3 is 2.35 bits per heavy atom. The van der Waals surface area contributed by atoms with Gasteiger partial charge < -0.3 is 24.3 Å². The van der Waals surface area contributed by atoms with Gasteiger partial charge in [0.05, 0.1) is 31.3 Å². The number of rotatable bonds is 9. The number of hydrogen-bond acceptors (Lipinski definition) is 8. The lowest BCUT2D eigenvalue weighted by Gasteiger charge is -2.13. The Kier molecular flexibility index (Phi) is 8.80. The summed E-state index contributed by atoms with van der Waals surface area (Å²) in [6.07, 6.45) is -3.34. The Bertz CT molecular complexity index is 1280. The highest BCUT2D eigenvalue weighted by Crippen LogP contribution is 2.32. The highest BCUT2D eigenvalue weighted by Gasteiger charge is 2.31. The van der Waals surface area contributed by atoms with Crippen molar-refractivity contribution in [3.05, 3.63) is 77.6 Å². The molecule has 0 unspecified atom stereocenters. The molecule has 37 heavy (non-hydrogen) atoms. The molecule has 0 aliphatic carbocycles. The normalized spacial score (nSPS) is 10.9. The summed E-state index contributed by atoms with van der Waals surface area (Å²) in [6.45, 7) is 0.117. The first-order valence-electron chi connectivity index (χ1n) is 10.7. The Balaban J connectivity index is 1.71. The van der Waals surface area contributed by atoms with Gasteiger partial charge >= 0.3 is 18.1 Å². The number of amides is 1. The molecule has 0 spiro atoms. The average molecular weight is 518 g/mol. The first-order valence-corrected chi connectivity index (χ1v) is 10.7. The van der Waals surface area contributed by atoms with E-state index in [-0.39, 0.29) is 47.2 Å². The van der Waals surface area contributed by atoms with E-state index in [2.05, 4.69) is 10.3 Å². The molecule has 0 aliphatic heterocycles. The van der Waals surface area contributed by atoms with Gasteiger partial charge in [0.2, 0.25) is 5.75 Å². The lowest BCUT2D eigenvalue weighted by atomic mass is 10.2. The third kappa shape index (κ3) is 7.27. The molecule has 9 nitrogen and oxygen atoms in total. The van der Waals surface area contributed by atoms with E-state index in [1.54, 1.807) is 0 Å². The monoisotopic (exact) mass is 518 g/mol. The van der Waals surface area contributed by atoms with Gasteiger partial charge in [0.25, 0.3) is 5.91 Å². The van der Waals surface area contributed by atoms with E-state index in [0.29, 0.717) is 6.07 Å². The number of methoxy groups -OCH3 is 2. The molecule has 0 atom stereocenters. The lowest BCUT2D eigenvalue weighted by molar-refractivity contribution is -0.138. The van der Waals surface area contributed by atoms with Crippen LogP contribution >= 0.6 is 0 Å². The number of halogens is 3. The Hall–Kier alpha value is -4.45. The summed E-state index contributed by atoms with van der Waals surface area (Å²) in [4.78, 5) is 41.2. The maximum absolute atomic E-state index is 12.9. The number of esters is 2. The molecule has 0 bridgehead atoms. The van der Waals surface area contributed by atoms with E-state index >= 15 is 0 Å². The first-order chi connectivity index (χ1) is 17.6. The highest BCUT2D eigenvalue weighted by molar-refractivity contribution is 6.06. The number of hydrogen-bond donors (Lipinski definition) is 1. The number of carbonyl (C=O) groups excluding carboxylic acids is 3. The van der Waals surface area contributed by atoms with Gasteiger partial charge in [-0.3, -0.25) is 9.59 Å². The highest BCUT2D eigenvalue weighted by atomic mass is 19.4. The maximum Gasteiger partial charge on any atom is 0.416 e. The number of alkyl halides is 3. The smallest absolute Gasteiger partial charge is 0.416 e. The molecule has 194 valence electrons. The molecule has 3 aromatic rings. The zero-order valence-corrected chi connectivity index (χ0v) is 19.6. The predicted molar refractivity (Wildman–Crippen MR) is 124 cm³/mol. The van der Waals surface area contributed by atoms with E-state index in [1.807, 2.05) is 0 Å². The van der Waals surface area contributed by atoms with Crippen LogP contribution in [0.15, 0.2) is 60.8 Å². The van der Waals surface area contributed by atoms with E-state index < -0.39 is 29.6 Å². The summed E-state index contributed by atoms with van der Waals surface area (Å²) in [5, 5.41) is 2.56. The van der Waals surface area contributed by atoms with Crippen molar-refractivity contribution in [2.75, 3.05) is 26.1 Å². The second-order valence-electron chi connectivity index (χ2n) is 7.35. The number of ether oxygens (including phenoxy) is 4. The maximum atomic E-state index is 12.9. The van der Waals surface area contributed by atoms with Crippen LogP contribution in [0.4, 0.5) is 18.9 Å². The van der Waals surface area contributed by atoms with E-state index in [4.69, 9.17) is 18.9 Å². The fourth-order valence-electron chi connectivity index (χ4n) is 2.98. The number of aromatic nitrogens is 1. The summed E-state index contributed by atoms with van der Waals surface area (Å²) >= 11 is 0. The van der Waals surface area contributed by atoms with Crippen molar-refractivity contribution in [2.24, 2.45) is 0 Å². The van der Waals surface area contributed by atoms with Crippen molar-refractivity contribution in [3.8, 4) is 17.2 Å². The van der Waals surface area contributed by atoms with E-state index in [9.17, 15) is 27.6 Å². The van der Waals surface area contributed by atoms with E-state index in [1.165, 1.54) is 56.8 Å². The molecule has 1 N–H and O–H groups in total. The van der Waals surface area contributed by atoms with Crippen LogP contribution in [0.25, 0.3) is 0 Å². The predicted octanol–water partition coefficient (Wildman–Crippen LogP) is 4.52. The second-order valence-corrected chi connectivity index (χ2v) is 7.35. The van der Waals surface area contributed by atoms with E-state index in [0.717, 1.165) is 12.1 Å². The van der Waals surface area contributed by atoms with Gasteiger partial charge in [0.1, 0.15) is 5.75 Å². The Morgan fingerprint density at radius 2 is 1.70 bits per heavy atom. The molecule has 12 heteroatoms. The number of carbonyl (C=O) groups is 3. The van der Waals surface area contributed by atoms with Crippen LogP contribution in [0.5, 0.6) is 17.2 Å². The van der Waals surface area contributed by atoms with Crippen LogP contribution in [-0.2, 0) is 15.7 Å². The number of pyridine rings is 1. The molecular formula is C25H21F3N2O7. The van der Waals surface area contributed by atoms with Crippen LogP contribution in [0.1, 0.15) is 32.8 Å². The summed E-state index contributed by atoms with van der Waals surface area (Å²) in [5.74, 6) is -2.62. The zero-order valence-electron chi connectivity index (χ0n) is 19.6. The molecule has 0 radical (unpaired) electrons. The standard InChI is InChI=1S/C25H21F3N2O7/c1-34-13-11-20(31)37-22-19(35-2)10-12-29-21(22)23(32)30-17-8-6-15(7-9-17)24(33)36-18-5-3-4-16(14-18)25(26,27)28/h3-10,12,14H,11,13H2,1-2H3,(H,30,32). The van der Waals surface area contributed by atoms with Crippen LogP contribution in [0.2, 0.25) is 0 Å². The Labute approximate surface area is 209 Å². The van der Waals surface area contributed by atoms with Crippen molar-refractivity contribution in [2.45, 2.75) is 12.6 Å². The average Bonchev–Trinajstić information content (AvgIpc) is 2.87. The van der Waals surface area contributed by atoms with Gasteiger partial charge in [-0.2, -0.15) is 13.2 Å². The number of anilines is 1. The minimum atomic E-state index is -4.58. The van der Waals surface area contributed by atoms with Crippen LogP contribution in [-0.4, -0.2) is 43.7 Å². The lowest BCUT2D eigenvalue weighted by Crippen LogP contribution is -2.19. The molecule has 1 amide bonds. The fourth-order valence-corrected chi connectivity index (χ4v) is 2.98. The van der Waals surface area contributed by atoms with Crippen molar-refractivity contribution < 1.29 is 46.5 Å². The van der Waals surface area contributed by atoms with Crippen molar-refractivity contribution in [1.29, 1.82) is 0 Å². The summed E-state index contributed by atoms with van der Waals surface area (Å²) in [6, 6.07) is 10.7. The van der Waals surface area contributed by atoms with Gasteiger partial charge in [0.15, 0.2) is 11.4 Å². The molecule has 1 aromatic heterocycles. The third-order valence-corrected chi connectivity index (χ3v) is 4.78. The third-order valence-electron chi connectivity index (χ3n) is 4.78. The summed E-state index contributed by atoms with van der Waals surface area (Å²) in [5.41, 5.74) is -0.895. The zero-order chi connectivity index (χ0) is 27.0. The molecule has 0 aliphatic rings. The van der Waals surface area contributed by atoms with Crippen molar-refractivity contribution in [1.82, 2.24) is 4.98 Å². The summed E-state index contributed by atoms with van der Waals surface area (Å²) < 4.78 is 58.9. The van der Waals surface area contributed by atoms with Gasteiger partial charge in [-0.1, -0.05) is 6.07 Å². The summed E-state index contributed by atoms with van der Waals surface area (Å²) in [7, 11) is 2.76. The Morgan fingerprint density at radius 1 is 0.973 bits per heavy atom. The second kappa shape index (κ2) is 12.0. The SMILES string of the molecule is COCCC(=O)Oc1c(OC)ccnc1C(=O)Nc1ccc(C(=O)Oc2cccc(C(F)(F)F)c2)cc1. The van der Waals surface area contributed by atoms with Gasteiger partial charge in [-0.05, 0) is 42.5 Å². The van der Waals surface area contributed by atoms with Crippen LogP contribution < -0.4 is 19.5 Å². The van der Waals surface area contributed by atoms with Crippen molar-refractivity contribution >= 4 is 23.5 Å². The molecule has 2 aromatic carbocycles. The molecule has 1 heterocycles. The fraction of sp³-hybridized carbons (Fsp3) is 0.200. The molecule has 0 saturated carbocycles. The topological polar surface area (TPSA) is 113 Å². The molecule has 0 fully saturated rings. The minimum absolute atomic E-state index is 0.0303. The number of nitrogens with zero attached hydrogens (tertiary/aromatic N) is 1. The molecular weight excluding hydrogens is 497 g/mol. The van der Waals surface area contributed by atoms with Gasteiger partial charge in [-0.25, -0.2) is 9.78 Å². The van der Waals surface area contributed by atoms with Crippen LogP contribution in [0, 0.1) is 0 Å². The molecule has 3 rings (SSSR count). The van der Waals surface area contributed by atoms with Crippen molar-refractivity contribution in [3.63, 3.8) is 0 Å². The molecule has 0 saturated heterocycles. The quantitative estimate of drug-likeness (QED) is 0.325. The number of benzene rings is 2. The van der Waals surface area contributed by atoms with Gasteiger partial charge in [0, 0.05) is 25.1 Å². The number of nitrogens with one attached hydrogen (secondary N) is 1.